The number of nitrogens with zero attached hydrogens (tertiary/aromatic N) is 4. The lowest BCUT2D eigenvalue weighted by molar-refractivity contribution is 0.0742. The van der Waals surface area contributed by atoms with Crippen LogP contribution in [0.2, 0.25) is 0 Å². The number of hydrogen-bond acceptors (Lipinski definition) is 5. The fourth-order valence-electron chi connectivity index (χ4n) is 5.37. The Balaban J connectivity index is 1.32. The van der Waals surface area contributed by atoms with Crippen molar-refractivity contribution in [2.24, 2.45) is 0 Å². The number of amides is 1. The zero-order valence-electron chi connectivity index (χ0n) is 20.3. The minimum absolute atomic E-state index is 0.142. The number of fused-ring (bicyclic) bond motifs is 3. The van der Waals surface area contributed by atoms with Gasteiger partial charge < -0.3 is 9.80 Å². The summed E-state index contributed by atoms with van der Waals surface area (Å²) in [5.74, 6) is 1.14. The van der Waals surface area contributed by atoms with E-state index in [4.69, 9.17) is 9.97 Å². The predicted molar refractivity (Wildman–Crippen MR) is 142 cm³/mol. The molecule has 1 aliphatic heterocycles. The van der Waals surface area contributed by atoms with E-state index in [1.165, 1.54) is 46.7 Å². The zero-order chi connectivity index (χ0) is 24.5. The first-order valence-corrected chi connectivity index (χ1v) is 13.6. The molecule has 184 valence electrons. The summed E-state index contributed by atoms with van der Waals surface area (Å²) in [4.78, 5) is 29.7. The lowest BCUT2D eigenvalue weighted by Gasteiger charge is -2.36. The number of carbonyl (C=O) groups is 1. The number of rotatable bonds is 4. The summed E-state index contributed by atoms with van der Waals surface area (Å²) in [7, 11) is 0. The molecule has 0 bridgehead atoms. The lowest BCUT2D eigenvalue weighted by Crippen LogP contribution is -2.49. The lowest BCUT2D eigenvalue weighted by atomic mass is 10.1. The zero-order valence-corrected chi connectivity index (χ0v) is 21.1. The molecular weight excluding hydrogens is 471 g/mol. The Hall–Kier alpha value is -3.32. The van der Waals surface area contributed by atoms with Crippen LogP contribution in [0.25, 0.3) is 10.2 Å². The second kappa shape index (κ2) is 9.97. The third kappa shape index (κ3) is 4.48. The largest absolute Gasteiger partial charge is 0.352 e. The van der Waals surface area contributed by atoms with E-state index in [9.17, 15) is 9.18 Å². The number of thiophene rings is 1. The van der Waals surface area contributed by atoms with E-state index >= 15 is 0 Å². The fraction of sp³-hybridized carbons (Fsp3) is 0.345. The van der Waals surface area contributed by atoms with E-state index in [0.717, 1.165) is 29.3 Å². The van der Waals surface area contributed by atoms with Crippen molar-refractivity contribution in [2.75, 3.05) is 31.1 Å². The van der Waals surface area contributed by atoms with Crippen LogP contribution in [0.3, 0.4) is 0 Å². The number of halogens is 1. The summed E-state index contributed by atoms with van der Waals surface area (Å²) in [6.45, 7) is 2.42. The van der Waals surface area contributed by atoms with Gasteiger partial charge in [-0.15, -0.1) is 11.3 Å². The smallest absolute Gasteiger partial charge is 0.256 e. The molecule has 3 heterocycles. The van der Waals surface area contributed by atoms with E-state index in [1.54, 1.807) is 23.1 Å². The van der Waals surface area contributed by atoms with Crippen LogP contribution in [0.15, 0.2) is 54.6 Å². The highest BCUT2D eigenvalue weighted by Gasteiger charge is 2.28. The van der Waals surface area contributed by atoms with Crippen LogP contribution in [0, 0.1) is 5.82 Å². The summed E-state index contributed by atoms with van der Waals surface area (Å²) in [5, 5.41) is 1.21. The van der Waals surface area contributed by atoms with E-state index in [1.807, 2.05) is 29.5 Å². The number of anilines is 1. The van der Waals surface area contributed by atoms with E-state index in [-0.39, 0.29) is 11.5 Å². The predicted octanol–water partition coefficient (Wildman–Crippen LogP) is 5.65. The van der Waals surface area contributed by atoms with Crippen molar-refractivity contribution in [1.82, 2.24) is 14.9 Å². The van der Waals surface area contributed by atoms with Crippen LogP contribution in [-0.4, -0.2) is 47.0 Å². The number of hydrogen-bond donors (Lipinski definition) is 0. The number of piperazine rings is 1. The molecule has 2 aliphatic rings. The molecule has 6 rings (SSSR count). The Labute approximate surface area is 214 Å². The third-order valence-electron chi connectivity index (χ3n) is 7.27. The highest BCUT2D eigenvalue weighted by atomic mass is 32.1. The molecule has 2 aromatic heterocycles. The van der Waals surface area contributed by atoms with Gasteiger partial charge in [-0.05, 0) is 48.9 Å². The Bertz CT molecular complexity index is 1400. The van der Waals surface area contributed by atoms with Crippen LogP contribution in [0.1, 0.15) is 51.4 Å². The molecular formula is C29H29FN4OS. The van der Waals surface area contributed by atoms with Crippen molar-refractivity contribution in [3.63, 3.8) is 0 Å². The van der Waals surface area contributed by atoms with Gasteiger partial charge in [0.05, 0.1) is 10.9 Å². The summed E-state index contributed by atoms with van der Waals surface area (Å²) in [6.07, 6.45) is 6.59. The van der Waals surface area contributed by atoms with Crippen molar-refractivity contribution in [3.8, 4) is 0 Å². The van der Waals surface area contributed by atoms with Crippen LogP contribution < -0.4 is 4.90 Å². The minimum Gasteiger partial charge on any atom is -0.352 e. The van der Waals surface area contributed by atoms with E-state index < -0.39 is 5.82 Å². The summed E-state index contributed by atoms with van der Waals surface area (Å²) in [5.41, 5.74) is 2.77. The quantitative estimate of drug-likeness (QED) is 0.340. The van der Waals surface area contributed by atoms with Crippen LogP contribution >= 0.6 is 11.3 Å². The number of aryl methyl sites for hydroxylation is 2. The van der Waals surface area contributed by atoms with Gasteiger partial charge in [-0.3, -0.25) is 4.79 Å². The highest BCUT2D eigenvalue weighted by molar-refractivity contribution is 7.19. The molecule has 0 radical (unpaired) electrons. The Morgan fingerprint density at radius 1 is 0.889 bits per heavy atom. The SMILES string of the molecule is O=C(c1ccccc1F)N1CCN(c2nc(Cc3ccccc3)nc3sc4c(c23)CCCCC4)CC1. The molecule has 0 spiro atoms. The van der Waals surface area contributed by atoms with Crippen molar-refractivity contribution in [3.05, 3.63) is 87.8 Å². The Kier molecular flexibility index (Phi) is 6.40. The van der Waals surface area contributed by atoms with Gasteiger partial charge in [-0.1, -0.05) is 48.9 Å². The van der Waals surface area contributed by atoms with Gasteiger partial charge in [-0.2, -0.15) is 0 Å². The molecule has 36 heavy (non-hydrogen) atoms. The molecule has 0 atom stereocenters. The number of aromatic nitrogens is 2. The van der Waals surface area contributed by atoms with Crippen molar-refractivity contribution >= 4 is 33.3 Å². The first-order valence-electron chi connectivity index (χ1n) is 12.8. The summed E-state index contributed by atoms with van der Waals surface area (Å²) < 4.78 is 14.2. The molecule has 1 saturated heterocycles. The second-order valence-electron chi connectivity index (χ2n) is 9.63. The Morgan fingerprint density at radius 3 is 2.44 bits per heavy atom. The van der Waals surface area contributed by atoms with Gasteiger partial charge in [0, 0.05) is 37.5 Å². The van der Waals surface area contributed by atoms with Crippen molar-refractivity contribution in [1.29, 1.82) is 0 Å². The van der Waals surface area contributed by atoms with Gasteiger partial charge in [0.2, 0.25) is 0 Å². The standard InChI is InChI=1S/C29H29FN4OS/c30-23-13-8-7-11-21(23)29(35)34-17-15-33(16-18-34)27-26-22-12-5-2-6-14-24(22)36-28(26)32-25(31-27)19-20-9-3-1-4-10-20/h1,3-4,7-11,13H,2,5-6,12,14-19H2. The van der Waals surface area contributed by atoms with Gasteiger partial charge in [0.25, 0.3) is 5.91 Å². The third-order valence-corrected chi connectivity index (χ3v) is 8.45. The first kappa shape index (κ1) is 23.1. The van der Waals surface area contributed by atoms with Gasteiger partial charge >= 0.3 is 0 Å². The molecule has 0 unspecified atom stereocenters. The van der Waals surface area contributed by atoms with Gasteiger partial charge in [0.15, 0.2) is 0 Å². The van der Waals surface area contributed by atoms with Crippen LogP contribution in [0.5, 0.6) is 0 Å². The first-order chi connectivity index (χ1) is 17.7. The normalized spacial score (nSPS) is 16.1. The highest BCUT2D eigenvalue weighted by Crippen LogP contribution is 2.39. The van der Waals surface area contributed by atoms with Crippen LogP contribution in [0.4, 0.5) is 10.2 Å². The minimum atomic E-state index is -0.464. The monoisotopic (exact) mass is 500 g/mol. The van der Waals surface area contributed by atoms with Gasteiger partial charge in [-0.25, -0.2) is 14.4 Å². The van der Waals surface area contributed by atoms with Crippen molar-refractivity contribution < 1.29 is 9.18 Å². The average Bonchev–Trinajstić information content (AvgIpc) is 3.09. The number of benzene rings is 2. The average molecular weight is 501 g/mol. The topological polar surface area (TPSA) is 49.3 Å². The summed E-state index contributed by atoms with van der Waals surface area (Å²) in [6, 6.07) is 16.6. The molecule has 4 aromatic rings. The Morgan fingerprint density at radius 2 is 1.64 bits per heavy atom. The molecule has 5 nitrogen and oxygen atoms in total. The second-order valence-corrected chi connectivity index (χ2v) is 10.7. The fourth-order valence-corrected chi connectivity index (χ4v) is 6.65. The van der Waals surface area contributed by atoms with Crippen LogP contribution in [-0.2, 0) is 19.3 Å². The maximum Gasteiger partial charge on any atom is 0.256 e. The molecule has 1 amide bonds. The molecule has 1 fully saturated rings. The van der Waals surface area contributed by atoms with Gasteiger partial charge in [0.1, 0.15) is 22.3 Å². The molecule has 0 N–H and O–H groups in total. The maximum absolute atomic E-state index is 14.2. The van der Waals surface area contributed by atoms with Crippen molar-refractivity contribution in [2.45, 2.75) is 38.5 Å². The molecule has 2 aromatic carbocycles. The number of carbonyl (C=O) groups excluding carboxylic acids is 1. The molecule has 7 heteroatoms. The maximum atomic E-state index is 14.2. The van der Waals surface area contributed by atoms with E-state index in [0.29, 0.717) is 32.6 Å². The van der Waals surface area contributed by atoms with E-state index in [2.05, 4.69) is 17.0 Å². The molecule has 1 aliphatic carbocycles. The molecule has 0 saturated carbocycles. The summed E-state index contributed by atoms with van der Waals surface area (Å²) >= 11 is 1.84.